The predicted octanol–water partition coefficient (Wildman–Crippen LogP) is 2.25. The van der Waals surface area contributed by atoms with Gasteiger partial charge in [0.15, 0.2) is 0 Å². The largest absolute Gasteiger partial charge is 0.483 e. The van der Waals surface area contributed by atoms with E-state index in [1.807, 2.05) is 6.07 Å². The Labute approximate surface area is 156 Å². The second kappa shape index (κ2) is 7.31. The van der Waals surface area contributed by atoms with Gasteiger partial charge >= 0.3 is 0 Å². The molecule has 1 aromatic carbocycles. The zero-order chi connectivity index (χ0) is 19.0. The maximum absolute atomic E-state index is 13.8. The van der Waals surface area contributed by atoms with Gasteiger partial charge in [0.25, 0.3) is 12.4 Å². The van der Waals surface area contributed by atoms with E-state index < -0.39 is 0 Å². The maximum Gasteiger partial charge on any atom is 0.290 e. The van der Waals surface area contributed by atoms with Crippen LogP contribution in [-0.4, -0.2) is 52.6 Å². The molecule has 4 aliphatic rings. The number of carboxylic acid groups (broad SMARTS) is 1. The number of carbonyl (C=O) groups is 2. The third-order valence-corrected chi connectivity index (χ3v) is 6.13. The van der Waals surface area contributed by atoms with Crippen molar-refractivity contribution in [2.45, 2.75) is 38.3 Å². The minimum absolute atomic E-state index is 0.0139. The summed E-state index contributed by atoms with van der Waals surface area (Å²) < 4.78 is 16.0. The molecule has 4 aliphatic heterocycles. The number of rotatable bonds is 2. The lowest BCUT2D eigenvalue weighted by molar-refractivity contribution is -0.122. The normalized spacial score (nSPS) is 25.6. The summed E-state index contributed by atoms with van der Waals surface area (Å²) >= 11 is 0. The number of amides is 1. The van der Waals surface area contributed by atoms with Gasteiger partial charge in [-0.1, -0.05) is 0 Å². The molecule has 144 valence electrons. The molecule has 7 heteroatoms. The Kier molecular flexibility index (Phi) is 4.86. The van der Waals surface area contributed by atoms with Crippen molar-refractivity contribution in [2.24, 2.45) is 5.92 Å². The van der Waals surface area contributed by atoms with Crippen LogP contribution in [0.15, 0.2) is 18.2 Å². The highest BCUT2D eigenvalue weighted by Gasteiger charge is 2.36. The minimum atomic E-state index is -0.274. The molecule has 6 nitrogen and oxygen atoms in total. The smallest absolute Gasteiger partial charge is 0.290 e. The average molecular weight is 373 g/mol. The van der Waals surface area contributed by atoms with Gasteiger partial charge in [-0.15, -0.1) is 0 Å². The van der Waals surface area contributed by atoms with E-state index in [0.717, 1.165) is 55.6 Å². The molecule has 3 fully saturated rings. The van der Waals surface area contributed by atoms with Gasteiger partial charge < -0.3 is 19.9 Å². The first kappa shape index (κ1) is 18.0. The summed E-state index contributed by atoms with van der Waals surface area (Å²) in [5, 5.41) is 10.9. The van der Waals surface area contributed by atoms with Crippen molar-refractivity contribution < 1.29 is 19.1 Å². The maximum atomic E-state index is 13.8. The Morgan fingerprint density at radius 3 is 2.67 bits per heavy atom. The number of benzene rings is 1. The molecule has 1 atom stereocenters. The monoisotopic (exact) mass is 373 g/mol. The first-order valence-corrected chi connectivity index (χ1v) is 9.54. The van der Waals surface area contributed by atoms with Crippen molar-refractivity contribution in [3.05, 3.63) is 35.3 Å². The van der Waals surface area contributed by atoms with Crippen LogP contribution in [0.4, 0.5) is 4.39 Å². The number of aryl methyl sites for hydroxylation is 1. The van der Waals surface area contributed by atoms with E-state index in [1.165, 1.54) is 25.0 Å². The summed E-state index contributed by atoms with van der Waals surface area (Å²) in [7, 11) is 0. The van der Waals surface area contributed by atoms with E-state index in [2.05, 4.69) is 14.8 Å². The van der Waals surface area contributed by atoms with E-state index in [4.69, 9.17) is 9.90 Å². The summed E-state index contributed by atoms with van der Waals surface area (Å²) in [5.41, 5.74) is 2.77. The summed E-state index contributed by atoms with van der Waals surface area (Å²) in [6.07, 6.45) is 4.31. The molecule has 0 unspecified atom stereocenters. The minimum Gasteiger partial charge on any atom is -0.483 e. The summed E-state index contributed by atoms with van der Waals surface area (Å²) in [4.78, 5) is 23.9. The Balaban J connectivity index is 0.000000565. The molecule has 3 saturated heterocycles. The molecule has 0 radical (unpaired) electrons. The Hall–Kier alpha value is -2.41. The molecule has 6 rings (SSSR count). The van der Waals surface area contributed by atoms with Gasteiger partial charge in [0.2, 0.25) is 0 Å². The van der Waals surface area contributed by atoms with Gasteiger partial charge in [0, 0.05) is 35.7 Å². The van der Waals surface area contributed by atoms with E-state index in [1.54, 1.807) is 0 Å². The lowest BCUT2D eigenvalue weighted by Crippen LogP contribution is -2.57. The van der Waals surface area contributed by atoms with Crippen molar-refractivity contribution in [1.82, 2.24) is 14.8 Å². The number of halogens is 1. The summed E-state index contributed by atoms with van der Waals surface area (Å²) in [6, 6.07) is 5.06. The molecule has 0 spiro atoms. The van der Waals surface area contributed by atoms with Gasteiger partial charge in [0.1, 0.15) is 5.82 Å². The fraction of sp³-hybridized carbons (Fsp3) is 0.500. The van der Waals surface area contributed by atoms with Gasteiger partial charge in [-0.25, -0.2) is 4.39 Å². The SMILES string of the molecule is O=C(N[C@H]1CN2CCC1CC2)c1c2n(c3ccc(F)cc13)CCC2.O=CO. The number of aromatic nitrogens is 1. The Morgan fingerprint density at radius 1 is 1.26 bits per heavy atom. The van der Waals surface area contributed by atoms with Crippen LogP contribution in [0.25, 0.3) is 10.9 Å². The van der Waals surface area contributed by atoms with Gasteiger partial charge in [-0.3, -0.25) is 9.59 Å². The number of hydrogen-bond acceptors (Lipinski definition) is 3. The third kappa shape index (κ3) is 3.20. The molecule has 1 amide bonds. The van der Waals surface area contributed by atoms with Gasteiger partial charge in [-0.05, 0) is 62.9 Å². The molecule has 2 N–H and O–H groups in total. The topological polar surface area (TPSA) is 74.6 Å². The average Bonchev–Trinajstić information content (AvgIpc) is 3.23. The van der Waals surface area contributed by atoms with Crippen molar-refractivity contribution in [3.63, 3.8) is 0 Å². The van der Waals surface area contributed by atoms with Gasteiger partial charge in [0.05, 0.1) is 5.56 Å². The van der Waals surface area contributed by atoms with Gasteiger partial charge in [-0.2, -0.15) is 0 Å². The van der Waals surface area contributed by atoms with Crippen LogP contribution in [0, 0.1) is 11.7 Å². The van der Waals surface area contributed by atoms with Crippen LogP contribution in [0.3, 0.4) is 0 Å². The quantitative estimate of drug-likeness (QED) is 0.792. The lowest BCUT2D eigenvalue weighted by atomic mass is 9.84. The predicted molar refractivity (Wildman–Crippen MR) is 99.3 cm³/mol. The van der Waals surface area contributed by atoms with Crippen molar-refractivity contribution in [1.29, 1.82) is 0 Å². The number of carbonyl (C=O) groups excluding carboxylic acids is 1. The van der Waals surface area contributed by atoms with Crippen LogP contribution in [0.1, 0.15) is 35.3 Å². The highest BCUT2D eigenvalue weighted by Crippen LogP contribution is 2.33. The van der Waals surface area contributed by atoms with Crippen LogP contribution in [0.5, 0.6) is 0 Å². The zero-order valence-corrected chi connectivity index (χ0v) is 15.2. The summed E-state index contributed by atoms with van der Waals surface area (Å²) in [6.45, 7) is 3.95. The van der Waals surface area contributed by atoms with E-state index in [-0.39, 0.29) is 24.2 Å². The molecule has 2 aromatic rings. The molecule has 5 heterocycles. The number of piperidine rings is 3. The standard InChI is InChI=1S/C19H22FN3O.CH2O2/c20-13-3-4-16-14(10-13)18(17-2-1-7-23(16)17)19(24)21-15-11-22-8-5-12(15)6-9-22;2-1-3/h3-4,10,12,15H,1-2,5-9,11H2,(H,21,24);1H,(H,2,3)/t15-;/m0./s1. The molecule has 1 aromatic heterocycles. The molecule has 0 saturated carbocycles. The van der Waals surface area contributed by atoms with E-state index in [9.17, 15) is 9.18 Å². The highest BCUT2D eigenvalue weighted by atomic mass is 19.1. The Morgan fingerprint density at radius 2 is 2.00 bits per heavy atom. The number of hydrogen-bond donors (Lipinski definition) is 2. The van der Waals surface area contributed by atoms with Crippen LogP contribution in [0.2, 0.25) is 0 Å². The molecule has 27 heavy (non-hydrogen) atoms. The Bertz CT molecular complexity index is 871. The zero-order valence-electron chi connectivity index (χ0n) is 15.2. The van der Waals surface area contributed by atoms with E-state index >= 15 is 0 Å². The molecule has 0 aliphatic carbocycles. The molecule has 2 bridgehead atoms. The fourth-order valence-electron chi connectivity index (χ4n) is 4.92. The van der Waals surface area contributed by atoms with Crippen LogP contribution < -0.4 is 5.32 Å². The lowest BCUT2D eigenvalue weighted by Gasteiger charge is -2.44. The van der Waals surface area contributed by atoms with Crippen molar-refractivity contribution >= 4 is 23.3 Å². The van der Waals surface area contributed by atoms with E-state index in [0.29, 0.717) is 11.5 Å². The summed E-state index contributed by atoms with van der Waals surface area (Å²) in [5.74, 6) is 0.307. The number of nitrogens with one attached hydrogen (secondary N) is 1. The first-order valence-electron chi connectivity index (χ1n) is 9.54. The second-order valence-electron chi connectivity index (χ2n) is 7.56. The van der Waals surface area contributed by atoms with Crippen LogP contribution in [-0.2, 0) is 17.8 Å². The number of fused-ring (bicyclic) bond motifs is 6. The molecular formula is C20H24FN3O3. The highest BCUT2D eigenvalue weighted by molar-refractivity contribution is 6.08. The number of nitrogens with zero attached hydrogens (tertiary/aromatic N) is 2. The third-order valence-electron chi connectivity index (χ3n) is 6.13. The van der Waals surface area contributed by atoms with Crippen molar-refractivity contribution in [3.8, 4) is 0 Å². The van der Waals surface area contributed by atoms with Crippen molar-refractivity contribution in [2.75, 3.05) is 19.6 Å². The molecular weight excluding hydrogens is 349 g/mol. The second-order valence-corrected chi connectivity index (χ2v) is 7.56. The fourth-order valence-corrected chi connectivity index (χ4v) is 4.92. The first-order chi connectivity index (χ1) is 13.1. The van der Waals surface area contributed by atoms with Crippen LogP contribution >= 0.6 is 0 Å².